The molecule has 3 aliphatic rings. The Labute approximate surface area is 75.6 Å². The summed E-state index contributed by atoms with van der Waals surface area (Å²) in [6.45, 7) is 4.46. The first-order chi connectivity index (χ1) is 5.29. The van der Waals surface area contributed by atoms with Crippen LogP contribution < -0.4 is 0 Å². The zero-order valence-electron chi connectivity index (χ0n) is 6.73. The van der Waals surface area contributed by atoms with Gasteiger partial charge in [0, 0.05) is 19.5 Å². The SMILES string of the molecule is CC[SH](S)N1CC2CC(C1)O2. The predicted molar refractivity (Wildman–Crippen MR) is 53.4 cm³/mol. The summed E-state index contributed by atoms with van der Waals surface area (Å²) in [6.07, 6.45) is 2.37. The van der Waals surface area contributed by atoms with Gasteiger partial charge in [-0.1, -0.05) is 6.92 Å². The Bertz CT molecular complexity index is 139. The molecule has 2 bridgehead atoms. The number of thiol groups is 2. The molecule has 3 fully saturated rings. The molecule has 0 saturated carbocycles. The molecule has 66 valence electrons. The molecule has 0 amide bonds. The molecule has 4 heteroatoms. The van der Waals surface area contributed by atoms with Crippen molar-refractivity contribution in [1.82, 2.24) is 4.31 Å². The minimum absolute atomic E-state index is 0.145. The van der Waals surface area contributed by atoms with Crippen LogP contribution in [0.3, 0.4) is 0 Å². The minimum Gasteiger partial charge on any atom is -0.372 e. The van der Waals surface area contributed by atoms with Crippen LogP contribution in [0.5, 0.6) is 0 Å². The van der Waals surface area contributed by atoms with Gasteiger partial charge in [0.15, 0.2) is 0 Å². The van der Waals surface area contributed by atoms with Crippen molar-refractivity contribution in [3.05, 3.63) is 0 Å². The zero-order valence-corrected chi connectivity index (χ0v) is 8.52. The van der Waals surface area contributed by atoms with Crippen LogP contribution in [0.4, 0.5) is 0 Å². The average Bonchev–Trinajstić information content (AvgIpc) is 2.02. The minimum atomic E-state index is -0.145. The molecule has 3 heterocycles. The lowest BCUT2D eigenvalue weighted by Gasteiger charge is -2.49. The zero-order chi connectivity index (χ0) is 7.84. The maximum absolute atomic E-state index is 5.53. The highest BCUT2D eigenvalue weighted by Crippen LogP contribution is 2.41. The van der Waals surface area contributed by atoms with Crippen molar-refractivity contribution in [2.24, 2.45) is 0 Å². The Morgan fingerprint density at radius 1 is 1.55 bits per heavy atom. The Hall–Kier alpha value is 0.620. The van der Waals surface area contributed by atoms with E-state index in [9.17, 15) is 0 Å². The molecule has 0 spiro atoms. The van der Waals surface area contributed by atoms with Gasteiger partial charge in [0.2, 0.25) is 0 Å². The number of rotatable bonds is 2. The van der Waals surface area contributed by atoms with Gasteiger partial charge in [-0.05, 0) is 5.75 Å². The van der Waals surface area contributed by atoms with Gasteiger partial charge in [-0.3, -0.25) is 4.31 Å². The van der Waals surface area contributed by atoms with Gasteiger partial charge in [0.25, 0.3) is 0 Å². The van der Waals surface area contributed by atoms with Gasteiger partial charge >= 0.3 is 0 Å². The number of nitrogens with zero attached hydrogens (tertiary/aromatic N) is 1. The molecule has 11 heavy (non-hydrogen) atoms. The number of ether oxygens (including phenoxy) is 1. The van der Waals surface area contributed by atoms with Crippen LogP contribution in [0.2, 0.25) is 0 Å². The summed E-state index contributed by atoms with van der Waals surface area (Å²) >= 11 is 4.57. The van der Waals surface area contributed by atoms with E-state index in [1.165, 1.54) is 12.2 Å². The summed E-state index contributed by atoms with van der Waals surface area (Å²) in [6, 6.07) is 0. The van der Waals surface area contributed by atoms with Crippen LogP contribution >= 0.6 is 21.8 Å². The number of hydrogen-bond donors (Lipinski definition) is 2. The molecular formula is C7H15NOS2. The van der Waals surface area contributed by atoms with Crippen molar-refractivity contribution >= 4 is 21.8 Å². The molecule has 3 aliphatic heterocycles. The topological polar surface area (TPSA) is 12.5 Å². The molecule has 2 nitrogen and oxygen atoms in total. The Balaban J connectivity index is 1.87. The number of piperidine rings is 1. The summed E-state index contributed by atoms with van der Waals surface area (Å²) in [7, 11) is -0.145. The molecular weight excluding hydrogens is 178 g/mol. The van der Waals surface area contributed by atoms with E-state index >= 15 is 0 Å². The summed E-state index contributed by atoms with van der Waals surface area (Å²) < 4.78 is 8.02. The largest absolute Gasteiger partial charge is 0.372 e. The Morgan fingerprint density at radius 2 is 2.09 bits per heavy atom. The van der Waals surface area contributed by atoms with E-state index in [1.54, 1.807) is 0 Å². The van der Waals surface area contributed by atoms with Crippen molar-refractivity contribution < 1.29 is 4.74 Å². The van der Waals surface area contributed by atoms with E-state index < -0.39 is 0 Å². The third kappa shape index (κ3) is 1.54. The van der Waals surface area contributed by atoms with Crippen LogP contribution in [-0.4, -0.2) is 35.4 Å². The highest BCUT2D eigenvalue weighted by atomic mass is 33.1. The standard InChI is InChI=1S/C7H15NOS2/c1-2-11(10)8-4-6-3-7(5-8)9-6/h6-7,10-11H,2-5H2,1H3. The fourth-order valence-corrected chi connectivity index (χ4v) is 3.30. The summed E-state index contributed by atoms with van der Waals surface area (Å²) in [5.74, 6) is 1.19. The van der Waals surface area contributed by atoms with Gasteiger partial charge in [0.05, 0.1) is 12.2 Å². The van der Waals surface area contributed by atoms with Crippen LogP contribution in [-0.2, 0) is 4.74 Å². The van der Waals surface area contributed by atoms with E-state index in [1.807, 2.05) is 0 Å². The lowest BCUT2D eigenvalue weighted by Crippen LogP contribution is -2.55. The van der Waals surface area contributed by atoms with Gasteiger partial charge < -0.3 is 4.74 Å². The first kappa shape index (κ1) is 8.23. The molecule has 3 saturated heterocycles. The van der Waals surface area contributed by atoms with E-state index in [0.717, 1.165) is 13.1 Å². The van der Waals surface area contributed by atoms with Gasteiger partial charge in [-0.25, -0.2) is 0 Å². The normalized spacial score (nSPS) is 41.5. The molecule has 3 unspecified atom stereocenters. The molecule has 0 radical (unpaired) electrons. The maximum atomic E-state index is 5.53. The summed E-state index contributed by atoms with van der Waals surface area (Å²) in [5, 5.41) is 0. The second-order valence-corrected chi connectivity index (χ2v) is 6.50. The molecule has 3 rings (SSSR count). The molecule has 0 aromatic carbocycles. The van der Waals surface area contributed by atoms with Crippen LogP contribution in [0.1, 0.15) is 13.3 Å². The molecule has 0 aromatic rings. The van der Waals surface area contributed by atoms with E-state index in [2.05, 4.69) is 22.9 Å². The third-order valence-corrected chi connectivity index (χ3v) is 5.50. The summed E-state index contributed by atoms with van der Waals surface area (Å²) in [5.41, 5.74) is 0. The molecule has 0 aromatic heterocycles. The van der Waals surface area contributed by atoms with Crippen molar-refractivity contribution in [2.45, 2.75) is 25.6 Å². The van der Waals surface area contributed by atoms with Gasteiger partial charge in [0.1, 0.15) is 0 Å². The van der Waals surface area contributed by atoms with Crippen molar-refractivity contribution in [1.29, 1.82) is 0 Å². The Morgan fingerprint density at radius 3 is 2.55 bits per heavy atom. The first-order valence-corrected chi connectivity index (χ1v) is 6.79. The van der Waals surface area contributed by atoms with Crippen molar-refractivity contribution in [2.75, 3.05) is 18.8 Å². The quantitative estimate of drug-likeness (QED) is 0.506. The highest BCUT2D eigenvalue weighted by molar-refractivity contribution is 8.77. The second kappa shape index (κ2) is 3.17. The van der Waals surface area contributed by atoms with Gasteiger partial charge in [-0.2, -0.15) is 10.1 Å². The maximum Gasteiger partial charge on any atom is 0.0740 e. The second-order valence-electron chi connectivity index (χ2n) is 3.18. The molecule has 3 atom stereocenters. The fourth-order valence-electron chi connectivity index (χ4n) is 1.72. The van der Waals surface area contributed by atoms with Crippen LogP contribution in [0.15, 0.2) is 0 Å². The number of hydrogen-bond acceptors (Lipinski definition) is 3. The predicted octanol–water partition coefficient (Wildman–Crippen LogP) is 1.24. The van der Waals surface area contributed by atoms with Crippen molar-refractivity contribution in [3.8, 4) is 0 Å². The monoisotopic (exact) mass is 193 g/mol. The molecule has 0 N–H and O–H groups in total. The smallest absolute Gasteiger partial charge is 0.0740 e. The fraction of sp³-hybridized carbons (Fsp3) is 1.00. The third-order valence-electron chi connectivity index (χ3n) is 2.35. The summed E-state index contributed by atoms with van der Waals surface area (Å²) in [4.78, 5) is 0. The molecule has 0 aliphatic carbocycles. The van der Waals surface area contributed by atoms with E-state index in [4.69, 9.17) is 4.74 Å². The lowest BCUT2D eigenvalue weighted by atomic mass is 10.0. The van der Waals surface area contributed by atoms with Crippen LogP contribution in [0, 0.1) is 0 Å². The Kier molecular flexibility index (Phi) is 2.37. The van der Waals surface area contributed by atoms with Gasteiger partial charge in [-0.15, -0.1) is 11.7 Å². The van der Waals surface area contributed by atoms with E-state index in [0.29, 0.717) is 12.2 Å². The van der Waals surface area contributed by atoms with Crippen molar-refractivity contribution in [3.63, 3.8) is 0 Å². The first-order valence-electron chi connectivity index (χ1n) is 4.16. The number of morpholine rings is 1. The van der Waals surface area contributed by atoms with Crippen LogP contribution in [0.25, 0.3) is 0 Å². The van der Waals surface area contributed by atoms with E-state index in [-0.39, 0.29) is 10.1 Å². The number of fused-ring (bicyclic) bond motifs is 2. The lowest BCUT2D eigenvalue weighted by molar-refractivity contribution is -0.162. The highest BCUT2D eigenvalue weighted by Gasteiger charge is 2.39. The average molecular weight is 193 g/mol.